The van der Waals surface area contributed by atoms with Gasteiger partial charge in [0.05, 0.1) is 31.3 Å². The molecule has 0 spiro atoms. The fraction of sp³-hybridized carbons (Fsp3) is 0.370. The number of methoxy groups -OCH3 is 2. The Balaban J connectivity index is 1.52. The van der Waals surface area contributed by atoms with Crippen LogP contribution < -0.4 is 25.2 Å². The summed E-state index contributed by atoms with van der Waals surface area (Å²) in [5.41, 5.74) is 3.04. The molecule has 1 amide bonds. The third kappa shape index (κ3) is 4.76. The van der Waals surface area contributed by atoms with Crippen molar-refractivity contribution in [2.45, 2.75) is 18.9 Å². The first-order chi connectivity index (χ1) is 18.3. The number of likely N-dealkylation sites (N-methyl/N-ethyl adjacent to an activating group) is 1. The largest absolute Gasteiger partial charge is 0.504 e. The fourth-order valence-electron chi connectivity index (χ4n) is 4.76. The zero-order valence-electron chi connectivity index (χ0n) is 21.5. The Labute approximate surface area is 218 Å². The average molecular weight is 524 g/mol. The summed E-state index contributed by atoms with van der Waals surface area (Å²) >= 11 is 0. The van der Waals surface area contributed by atoms with Gasteiger partial charge in [-0.2, -0.15) is 5.10 Å². The van der Waals surface area contributed by atoms with Crippen LogP contribution >= 0.6 is 0 Å². The van der Waals surface area contributed by atoms with Crippen LogP contribution in [0.5, 0.6) is 17.2 Å². The highest BCUT2D eigenvalue weighted by atomic mass is 19.1. The lowest BCUT2D eigenvalue weighted by Gasteiger charge is -2.35. The van der Waals surface area contributed by atoms with Gasteiger partial charge in [-0.15, -0.1) is 0 Å². The zero-order chi connectivity index (χ0) is 27.0. The summed E-state index contributed by atoms with van der Waals surface area (Å²) in [7, 11) is 4.92. The molecular formula is C27H30FN5O5. The van der Waals surface area contributed by atoms with E-state index in [1.54, 1.807) is 12.1 Å². The molecule has 3 aromatic rings. The molecule has 1 aliphatic carbocycles. The lowest BCUT2D eigenvalue weighted by atomic mass is 10.1. The molecule has 2 aliphatic rings. The highest BCUT2D eigenvalue weighted by Gasteiger charge is 2.31. The van der Waals surface area contributed by atoms with Gasteiger partial charge in [0.15, 0.2) is 23.1 Å². The van der Waals surface area contributed by atoms with E-state index < -0.39 is 17.2 Å². The van der Waals surface area contributed by atoms with Crippen LogP contribution in [0.25, 0.3) is 10.9 Å². The molecular weight excluding hydrogens is 493 g/mol. The molecule has 0 radical (unpaired) electrons. The molecule has 11 heteroatoms. The first kappa shape index (κ1) is 25.5. The number of carbonyl (C=O) groups is 1. The molecule has 1 saturated carbocycles. The molecule has 0 atom stereocenters. The predicted octanol–water partition coefficient (Wildman–Crippen LogP) is 2.71. The quantitative estimate of drug-likeness (QED) is 0.362. The van der Waals surface area contributed by atoms with Gasteiger partial charge in [-0.3, -0.25) is 9.59 Å². The Morgan fingerprint density at radius 1 is 1.16 bits per heavy atom. The highest BCUT2D eigenvalue weighted by molar-refractivity contribution is 6.00. The first-order valence-corrected chi connectivity index (χ1v) is 12.4. The first-order valence-electron chi connectivity index (χ1n) is 12.4. The summed E-state index contributed by atoms with van der Waals surface area (Å²) in [5.74, 6) is -0.733. The summed E-state index contributed by atoms with van der Waals surface area (Å²) in [5, 5.41) is 13.8. The van der Waals surface area contributed by atoms with Gasteiger partial charge in [0.2, 0.25) is 5.43 Å². The van der Waals surface area contributed by atoms with Crippen LogP contribution in [0.1, 0.15) is 34.8 Å². The molecule has 10 nitrogen and oxygen atoms in total. The number of amides is 1. The Morgan fingerprint density at radius 2 is 1.89 bits per heavy atom. The Bertz CT molecular complexity index is 1480. The predicted molar refractivity (Wildman–Crippen MR) is 142 cm³/mol. The number of phenolic OH excluding ortho intramolecular Hbond substituents is 1. The van der Waals surface area contributed by atoms with Crippen molar-refractivity contribution in [3.05, 3.63) is 57.6 Å². The Kier molecular flexibility index (Phi) is 6.94. The Morgan fingerprint density at radius 3 is 2.55 bits per heavy atom. The lowest BCUT2D eigenvalue weighted by Crippen LogP contribution is -2.45. The van der Waals surface area contributed by atoms with Gasteiger partial charge >= 0.3 is 0 Å². The molecule has 38 heavy (non-hydrogen) atoms. The van der Waals surface area contributed by atoms with Crippen LogP contribution in [0, 0.1) is 5.82 Å². The number of anilines is 1. The summed E-state index contributed by atoms with van der Waals surface area (Å²) < 4.78 is 28.2. The molecule has 1 aromatic heterocycles. The van der Waals surface area contributed by atoms with E-state index in [0.717, 1.165) is 25.9 Å². The van der Waals surface area contributed by atoms with Gasteiger partial charge in [0.25, 0.3) is 5.91 Å². The fourth-order valence-corrected chi connectivity index (χ4v) is 4.76. The maximum absolute atomic E-state index is 15.6. The van der Waals surface area contributed by atoms with Crippen molar-refractivity contribution in [1.82, 2.24) is 14.9 Å². The smallest absolute Gasteiger partial charge is 0.276 e. The topological polar surface area (TPSA) is 109 Å². The lowest BCUT2D eigenvalue weighted by molar-refractivity contribution is 0.0953. The maximum Gasteiger partial charge on any atom is 0.276 e. The van der Waals surface area contributed by atoms with Crippen molar-refractivity contribution in [1.29, 1.82) is 0 Å². The molecule has 200 valence electrons. The Hall–Kier alpha value is -4.12. The van der Waals surface area contributed by atoms with Crippen molar-refractivity contribution in [3.63, 3.8) is 0 Å². The average Bonchev–Trinajstić information content (AvgIpc) is 3.75. The molecule has 2 aromatic carbocycles. The number of aromatic nitrogens is 1. The van der Waals surface area contributed by atoms with Crippen LogP contribution in [-0.4, -0.2) is 74.1 Å². The number of halogens is 1. The van der Waals surface area contributed by atoms with E-state index in [4.69, 9.17) is 9.47 Å². The van der Waals surface area contributed by atoms with Crippen molar-refractivity contribution in [2.75, 3.05) is 52.3 Å². The summed E-state index contributed by atoms with van der Waals surface area (Å²) in [6, 6.07) is 5.88. The maximum atomic E-state index is 15.6. The number of phenols is 1. The molecule has 1 aliphatic heterocycles. The highest BCUT2D eigenvalue weighted by Crippen LogP contribution is 2.43. The van der Waals surface area contributed by atoms with E-state index in [2.05, 4.69) is 15.4 Å². The van der Waals surface area contributed by atoms with Gasteiger partial charge in [-0.1, -0.05) is 0 Å². The second-order valence-corrected chi connectivity index (χ2v) is 9.57. The minimum atomic E-state index is -0.712. The van der Waals surface area contributed by atoms with E-state index in [0.29, 0.717) is 35.6 Å². The third-order valence-electron chi connectivity index (χ3n) is 6.99. The zero-order valence-corrected chi connectivity index (χ0v) is 21.5. The number of fused-ring (bicyclic) bond motifs is 1. The van der Waals surface area contributed by atoms with Crippen molar-refractivity contribution >= 4 is 28.7 Å². The molecule has 0 bridgehead atoms. The number of benzene rings is 2. The van der Waals surface area contributed by atoms with Gasteiger partial charge in [0.1, 0.15) is 11.3 Å². The SMILES string of the molecule is COc1cc(/C=N\NC(=O)c2cn(C3CC3)c3c(OC)c(N4CCN(C)CC4)c(F)cc3c2=O)ccc1O. The number of piperazine rings is 1. The number of pyridine rings is 1. The molecule has 2 heterocycles. The van der Waals surface area contributed by atoms with Gasteiger partial charge < -0.3 is 28.9 Å². The number of hydrogen-bond donors (Lipinski definition) is 2. The van der Waals surface area contributed by atoms with Crippen LogP contribution in [0.4, 0.5) is 10.1 Å². The second kappa shape index (κ2) is 10.3. The summed E-state index contributed by atoms with van der Waals surface area (Å²) in [6.45, 7) is 2.84. The van der Waals surface area contributed by atoms with Crippen molar-refractivity contribution in [2.24, 2.45) is 5.10 Å². The standard InChI is InChI=1S/C27H30FN5O5/c1-31-8-10-32(11-9-31)24-20(28)13-18-23(26(24)38-3)33(17-5-6-17)15-19(25(18)35)27(36)30-29-14-16-4-7-21(34)22(12-16)37-2/h4,7,12-15,17,34H,5-6,8-11H2,1-3H3,(H,30,36)/b29-14-. The number of nitrogens with one attached hydrogen (secondary N) is 1. The normalized spacial score (nSPS) is 16.3. The van der Waals surface area contributed by atoms with Crippen LogP contribution in [0.3, 0.4) is 0 Å². The number of nitrogens with zero attached hydrogens (tertiary/aromatic N) is 4. The second-order valence-electron chi connectivity index (χ2n) is 9.57. The number of carbonyl (C=O) groups excluding carboxylic acids is 1. The van der Waals surface area contributed by atoms with E-state index in [-0.39, 0.29) is 28.5 Å². The van der Waals surface area contributed by atoms with Crippen LogP contribution in [-0.2, 0) is 0 Å². The summed E-state index contributed by atoms with van der Waals surface area (Å²) in [6.07, 6.45) is 4.64. The van der Waals surface area contributed by atoms with Gasteiger partial charge in [0, 0.05) is 38.4 Å². The van der Waals surface area contributed by atoms with Gasteiger partial charge in [-0.05, 0) is 49.7 Å². The molecule has 0 unspecified atom stereocenters. The van der Waals surface area contributed by atoms with E-state index >= 15 is 4.39 Å². The minimum Gasteiger partial charge on any atom is -0.504 e. The number of ether oxygens (including phenoxy) is 2. The van der Waals surface area contributed by atoms with Crippen molar-refractivity contribution < 1.29 is 23.8 Å². The minimum absolute atomic E-state index is 0.0242. The monoisotopic (exact) mass is 523 g/mol. The number of hydrogen-bond acceptors (Lipinski definition) is 8. The van der Waals surface area contributed by atoms with E-state index in [1.165, 1.54) is 38.8 Å². The number of rotatable bonds is 7. The molecule has 2 N–H and O–H groups in total. The van der Waals surface area contributed by atoms with Crippen molar-refractivity contribution in [3.8, 4) is 17.2 Å². The third-order valence-corrected chi connectivity index (χ3v) is 6.99. The van der Waals surface area contributed by atoms with Crippen LogP contribution in [0.15, 0.2) is 40.4 Å². The molecule has 2 fully saturated rings. The molecule has 1 saturated heterocycles. The number of aromatic hydroxyl groups is 1. The number of hydrazone groups is 1. The molecule has 5 rings (SSSR count). The van der Waals surface area contributed by atoms with Crippen LogP contribution in [0.2, 0.25) is 0 Å². The van der Waals surface area contributed by atoms with Gasteiger partial charge in [-0.25, -0.2) is 9.82 Å². The van der Waals surface area contributed by atoms with E-state index in [1.807, 2.05) is 16.5 Å². The summed E-state index contributed by atoms with van der Waals surface area (Å²) in [4.78, 5) is 30.6. The van der Waals surface area contributed by atoms with E-state index in [9.17, 15) is 14.7 Å².